The van der Waals surface area contributed by atoms with Crippen molar-refractivity contribution in [1.82, 2.24) is 14.9 Å². The molecule has 1 aliphatic rings. The zero-order valence-corrected chi connectivity index (χ0v) is 18.6. The topological polar surface area (TPSA) is 98.7 Å². The van der Waals surface area contributed by atoms with Gasteiger partial charge < -0.3 is 9.64 Å². The van der Waals surface area contributed by atoms with Crippen molar-refractivity contribution >= 4 is 16.2 Å². The molecule has 0 radical (unpaired) electrons. The lowest BCUT2D eigenvalue weighted by atomic mass is 9.99. The smallest absolute Gasteiger partial charge is 0.410 e. The first-order chi connectivity index (χ1) is 12.7. The minimum absolute atomic E-state index is 0.105. The van der Waals surface area contributed by atoms with E-state index in [2.05, 4.69) is 9.97 Å². The van der Waals surface area contributed by atoms with Crippen LogP contribution < -0.4 is 0 Å². The van der Waals surface area contributed by atoms with Gasteiger partial charge >= 0.3 is 6.09 Å². The number of aryl methyl sites for hydroxylation is 1. The summed E-state index contributed by atoms with van der Waals surface area (Å²) in [6.45, 7) is 13.7. The van der Waals surface area contributed by atoms with Gasteiger partial charge in [0, 0.05) is 6.54 Å². The summed E-state index contributed by atoms with van der Waals surface area (Å²) < 4.78 is 35.4. The number of amides is 1. The molecule has 1 aromatic heterocycles. The molecular formula is C19H31N3O5S. The number of carbonyl (C=O) groups excluding carboxylic acids is 1. The van der Waals surface area contributed by atoms with Crippen molar-refractivity contribution in [3.8, 4) is 0 Å². The Kier molecular flexibility index (Phi) is 6.40. The number of hydrogen-bond donors (Lipinski definition) is 0. The van der Waals surface area contributed by atoms with E-state index in [1.807, 2.05) is 41.5 Å². The molecule has 0 bridgehead atoms. The second-order valence-corrected chi connectivity index (χ2v) is 11.0. The van der Waals surface area contributed by atoms with Crippen LogP contribution in [-0.4, -0.2) is 48.1 Å². The van der Waals surface area contributed by atoms with Crippen LogP contribution >= 0.6 is 0 Å². The van der Waals surface area contributed by atoms with Gasteiger partial charge in [-0.2, -0.15) is 8.42 Å². The van der Waals surface area contributed by atoms with E-state index in [1.165, 1.54) is 0 Å². The number of nitrogens with zero attached hydrogens (tertiary/aromatic N) is 3. The average Bonchev–Trinajstić information content (AvgIpc) is 2.49. The Balaban J connectivity index is 2.20. The fraction of sp³-hybridized carbons (Fsp3) is 0.737. The van der Waals surface area contributed by atoms with Gasteiger partial charge in [0.05, 0.1) is 24.5 Å². The lowest BCUT2D eigenvalue weighted by Gasteiger charge is -2.31. The molecule has 2 heterocycles. The number of hydrogen-bond acceptors (Lipinski definition) is 7. The van der Waals surface area contributed by atoms with Gasteiger partial charge in [-0.3, -0.25) is 4.18 Å². The van der Waals surface area contributed by atoms with Crippen molar-refractivity contribution < 1.29 is 22.1 Å². The third-order valence-electron chi connectivity index (χ3n) is 3.90. The molecule has 0 fully saturated rings. The molecule has 1 aromatic rings. The number of ether oxygens (including phenoxy) is 1. The predicted molar refractivity (Wildman–Crippen MR) is 105 cm³/mol. The Labute approximate surface area is 167 Å². The van der Waals surface area contributed by atoms with E-state index >= 15 is 0 Å². The molecule has 0 N–H and O–H groups in total. The standard InChI is InChI=1S/C19H31N3O5S/c1-13-20-15-10-22(17(23)27-19(5,6)7)9-8-14(15)16(21-13)11-28(24,25)26-12-18(2,3)4/h8-12H2,1-7H3. The second kappa shape index (κ2) is 7.94. The van der Waals surface area contributed by atoms with Gasteiger partial charge in [-0.15, -0.1) is 0 Å². The maximum atomic E-state index is 12.4. The molecule has 0 atom stereocenters. The summed E-state index contributed by atoms with van der Waals surface area (Å²) >= 11 is 0. The Morgan fingerprint density at radius 3 is 2.36 bits per heavy atom. The van der Waals surface area contributed by atoms with Crippen molar-refractivity contribution in [3.05, 3.63) is 22.8 Å². The van der Waals surface area contributed by atoms with Crippen LogP contribution in [0.4, 0.5) is 4.79 Å². The highest BCUT2D eigenvalue weighted by atomic mass is 32.2. The monoisotopic (exact) mass is 413 g/mol. The van der Waals surface area contributed by atoms with E-state index in [4.69, 9.17) is 8.92 Å². The molecule has 0 saturated carbocycles. The lowest BCUT2D eigenvalue weighted by molar-refractivity contribution is 0.0220. The van der Waals surface area contributed by atoms with E-state index in [9.17, 15) is 13.2 Å². The van der Waals surface area contributed by atoms with E-state index < -0.39 is 21.8 Å². The zero-order chi connectivity index (χ0) is 21.3. The largest absolute Gasteiger partial charge is 0.444 e. The first-order valence-corrected chi connectivity index (χ1v) is 10.9. The van der Waals surface area contributed by atoms with Crippen LogP contribution in [0.15, 0.2) is 0 Å². The van der Waals surface area contributed by atoms with Gasteiger partial charge in [-0.1, -0.05) is 20.8 Å². The number of aromatic nitrogens is 2. The van der Waals surface area contributed by atoms with Crippen LogP contribution in [-0.2, 0) is 37.8 Å². The highest BCUT2D eigenvalue weighted by molar-refractivity contribution is 7.85. The summed E-state index contributed by atoms with van der Waals surface area (Å²) in [5, 5.41) is 0. The third kappa shape index (κ3) is 6.70. The number of fused-ring (bicyclic) bond motifs is 1. The molecular weight excluding hydrogens is 382 g/mol. The van der Waals surface area contributed by atoms with Gasteiger partial charge in [0.2, 0.25) is 0 Å². The normalized spacial score (nSPS) is 15.3. The average molecular weight is 414 g/mol. The SMILES string of the molecule is Cc1nc2c(c(CS(=O)(=O)OCC(C)(C)C)n1)CCN(C(=O)OC(C)(C)C)C2. The van der Waals surface area contributed by atoms with Gasteiger partial charge in [-0.25, -0.2) is 14.8 Å². The van der Waals surface area contributed by atoms with Crippen LogP contribution in [0.5, 0.6) is 0 Å². The third-order valence-corrected chi connectivity index (χ3v) is 5.00. The fourth-order valence-corrected chi connectivity index (χ4v) is 3.91. The maximum Gasteiger partial charge on any atom is 0.410 e. The van der Waals surface area contributed by atoms with E-state index in [0.29, 0.717) is 30.2 Å². The van der Waals surface area contributed by atoms with Crippen LogP contribution in [0.1, 0.15) is 64.3 Å². The molecule has 8 nitrogen and oxygen atoms in total. The fourth-order valence-electron chi connectivity index (χ4n) is 2.72. The molecule has 0 aliphatic carbocycles. The van der Waals surface area contributed by atoms with Crippen molar-refractivity contribution in [2.45, 2.75) is 72.8 Å². The van der Waals surface area contributed by atoms with Crippen molar-refractivity contribution in [1.29, 1.82) is 0 Å². The molecule has 0 aromatic carbocycles. The second-order valence-electron chi connectivity index (χ2n) is 9.32. The molecule has 1 aliphatic heterocycles. The molecule has 2 rings (SSSR count). The Bertz CT molecular complexity index is 838. The molecule has 9 heteroatoms. The molecule has 1 amide bonds. The minimum Gasteiger partial charge on any atom is -0.444 e. The molecule has 158 valence electrons. The molecule has 28 heavy (non-hydrogen) atoms. The molecule has 0 saturated heterocycles. The quantitative estimate of drug-likeness (QED) is 0.700. The Hall–Kier alpha value is -1.74. The summed E-state index contributed by atoms with van der Waals surface area (Å²) in [4.78, 5) is 22.7. The zero-order valence-electron chi connectivity index (χ0n) is 17.8. The highest BCUT2D eigenvalue weighted by Gasteiger charge is 2.30. The molecule has 0 unspecified atom stereocenters. The lowest BCUT2D eigenvalue weighted by Crippen LogP contribution is -2.40. The van der Waals surface area contributed by atoms with Gasteiger partial charge in [0.1, 0.15) is 17.2 Å². The maximum absolute atomic E-state index is 12.4. The van der Waals surface area contributed by atoms with E-state index in [1.54, 1.807) is 11.8 Å². The minimum atomic E-state index is -3.77. The van der Waals surface area contributed by atoms with Crippen molar-refractivity contribution in [2.24, 2.45) is 5.41 Å². The van der Waals surface area contributed by atoms with Gasteiger partial charge in [0.25, 0.3) is 10.1 Å². The first kappa shape index (κ1) is 22.5. The van der Waals surface area contributed by atoms with Crippen LogP contribution in [0.2, 0.25) is 0 Å². The first-order valence-electron chi connectivity index (χ1n) is 9.35. The summed E-state index contributed by atoms with van der Waals surface area (Å²) in [5.74, 6) is 0.159. The summed E-state index contributed by atoms with van der Waals surface area (Å²) in [7, 11) is -3.77. The highest BCUT2D eigenvalue weighted by Crippen LogP contribution is 2.24. The van der Waals surface area contributed by atoms with Crippen molar-refractivity contribution in [3.63, 3.8) is 0 Å². The summed E-state index contributed by atoms with van der Waals surface area (Å²) in [6, 6.07) is 0. The van der Waals surface area contributed by atoms with Gasteiger partial charge in [-0.05, 0) is 45.1 Å². The van der Waals surface area contributed by atoms with Crippen LogP contribution in [0.3, 0.4) is 0 Å². The van der Waals surface area contributed by atoms with Crippen molar-refractivity contribution in [2.75, 3.05) is 13.2 Å². The summed E-state index contributed by atoms with van der Waals surface area (Å²) in [6.07, 6.45) is 0.0657. The Morgan fingerprint density at radius 1 is 1.14 bits per heavy atom. The predicted octanol–water partition coefficient (Wildman–Crippen LogP) is 2.97. The van der Waals surface area contributed by atoms with E-state index in [-0.39, 0.29) is 24.3 Å². The number of carbonyl (C=O) groups is 1. The van der Waals surface area contributed by atoms with Gasteiger partial charge in [0.15, 0.2) is 0 Å². The van der Waals surface area contributed by atoms with Crippen LogP contribution in [0.25, 0.3) is 0 Å². The summed E-state index contributed by atoms with van der Waals surface area (Å²) in [5.41, 5.74) is 1.03. The van der Waals surface area contributed by atoms with E-state index in [0.717, 1.165) is 5.56 Å². The van der Waals surface area contributed by atoms with Crippen LogP contribution in [0, 0.1) is 12.3 Å². The number of rotatable bonds is 4. The molecule has 0 spiro atoms. The Morgan fingerprint density at radius 2 is 1.79 bits per heavy atom.